The number of hydrogen-bond acceptors (Lipinski definition) is 2. The highest BCUT2D eigenvalue weighted by Crippen LogP contribution is 2.40. The van der Waals surface area contributed by atoms with E-state index in [-0.39, 0.29) is 11.1 Å². The van der Waals surface area contributed by atoms with Crippen LogP contribution in [0.2, 0.25) is 0 Å². The van der Waals surface area contributed by atoms with Crippen LogP contribution in [-0.4, -0.2) is 13.0 Å². The van der Waals surface area contributed by atoms with Gasteiger partial charge in [0.25, 0.3) is 10.1 Å². The van der Waals surface area contributed by atoms with Gasteiger partial charge in [0.15, 0.2) is 0 Å². The maximum Gasteiger partial charge on any atom is 0.418 e. The molecule has 0 saturated heterocycles. The van der Waals surface area contributed by atoms with Gasteiger partial charge in [-0.25, -0.2) is 0 Å². The van der Waals surface area contributed by atoms with E-state index < -0.39 is 32.7 Å². The summed E-state index contributed by atoms with van der Waals surface area (Å²) in [6.07, 6.45) is -4.84. The molecule has 1 aromatic carbocycles. The molecule has 102 valence electrons. The molecule has 0 atom stereocenters. The van der Waals surface area contributed by atoms with Crippen molar-refractivity contribution in [2.45, 2.75) is 37.8 Å². The van der Waals surface area contributed by atoms with E-state index in [1.165, 1.54) is 32.9 Å². The Morgan fingerprint density at radius 2 is 1.72 bits per heavy atom. The second kappa shape index (κ2) is 4.55. The van der Waals surface area contributed by atoms with E-state index in [4.69, 9.17) is 4.55 Å². The van der Waals surface area contributed by atoms with Crippen molar-refractivity contribution in [1.29, 1.82) is 0 Å². The number of hydrogen-bond donors (Lipinski definition) is 1. The van der Waals surface area contributed by atoms with Crippen molar-refractivity contribution in [3.63, 3.8) is 0 Å². The van der Waals surface area contributed by atoms with E-state index >= 15 is 0 Å². The SMILES string of the molecule is Cc1ccc(C(C)C)c(C(F)(F)F)c1S(=O)(=O)O. The van der Waals surface area contributed by atoms with Crippen molar-refractivity contribution in [2.24, 2.45) is 0 Å². The number of alkyl halides is 3. The molecule has 18 heavy (non-hydrogen) atoms. The van der Waals surface area contributed by atoms with Crippen molar-refractivity contribution in [3.8, 4) is 0 Å². The molecule has 1 rings (SSSR count). The van der Waals surface area contributed by atoms with Crippen LogP contribution in [-0.2, 0) is 16.3 Å². The fraction of sp³-hybridized carbons (Fsp3) is 0.455. The first-order valence-corrected chi connectivity index (χ1v) is 6.58. The van der Waals surface area contributed by atoms with Gasteiger partial charge in [-0.2, -0.15) is 21.6 Å². The molecule has 0 fully saturated rings. The molecule has 0 radical (unpaired) electrons. The second-order valence-corrected chi connectivity index (χ2v) is 5.66. The number of rotatable bonds is 2. The molecule has 0 aliphatic rings. The maximum atomic E-state index is 13.0. The first-order valence-electron chi connectivity index (χ1n) is 5.14. The molecule has 3 nitrogen and oxygen atoms in total. The fourth-order valence-corrected chi connectivity index (χ4v) is 2.77. The van der Waals surface area contributed by atoms with Gasteiger partial charge in [-0.15, -0.1) is 0 Å². The highest BCUT2D eigenvalue weighted by atomic mass is 32.2. The third-order valence-electron chi connectivity index (χ3n) is 2.55. The average molecular weight is 282 g/mol. The molecule has 0 aliphatic carbocycles. The molecule has 0 bridgehead atoms. The zero-order valence-electron chi connectivity index (χ0n) is 10.0. The van der Waals surface area contributed by atoms with Crippen LogP contribution >= 0.6 is 0 Å². The van der Waals surface area contributed by atoms with Gasteiger partial charge in [-0.05, 0) is 24.0 Å². The topological polar surface area (TPSA) is 54.4 Å². The van der Waals surface area contributed by atoms with Crippen molar-refractivity contribution in [1.82, 2.24) is 0 Å². The summed E-state index contributed by atoms with van der Waals surface area (Å²) in [5.41, 5.74) is -1.56. The first-order chi connectivity index (χ1) is 7.96. The van der Waals surface area contributed by atoms with Gasteiger partial charge in [0.05, 0.1) is 5.56 Å². The third kappa shape index (κ3) is 2.84. The van der Waals surface area contributed by atoms with E-state index in [0.29, 0.717) is 0 Å². The minimum Gasteiger partial charge on any atom is -0.282 e. The summed E-state index contributed by atoms with van der Waals surface area (Å²) in [5.74, 6) is -0.511. The summed E-state index contributed by atoms with van der Waals surface area (Å²) in [7, 11) is -4.92. The van der Waals surface area contributed by atoms with Gasteiger partial charge >= 0.3 is 6.18 Å². The van der Waals surface area contributed by atoms with E-state index in [2.05, 4.69) is 0 Å². The standard InChI is InChI=1S/C11H13F3O3S/c1-6(2)8-5-4-7(3)10(18(15,16)17)9(8)11(12,13)14/h4-6H,1-3H3,(H,15,16,17). The quantitative estimate of drug-likeness (QED) is 0.846. The highest BCUT2D eigenvalue weighted by molar-refractivity contribution is 7.86. The van der Waals surface area contributed by atoms with Crippen LogP contribution in [0.4, 0.5) is 13.2 Å². The predicted octanol–water partition coefficient (Wildman–Crippen LogP) is 3.38. The molecule has 0 heterocycles. The molecular formula is C11H13F3O3S. The first kappa shape index (κ1) is 15.0. The summed E-state index contributed by atoms with van der Waals surface area (Å²) >= 11 is 0. The normalized spacial score (nSPS) is 13.1. The number of aryl methyl sites for hydroxylation is 1. The lowest BCUT2D eigenvalue weighted by atomic mass is 9.95. The van der Waals surface area contributed by atoms with Gasteiger partial charge < -0.3 is 0 Å². The lowest BCUT2D eigenvalue weighted by Crippen LogP contribution is -2.18. The van der Waals surface area contributed by atoms with Crippen LogP contribution in [0.15, 0.2) is 17.0 Å². The Hall–Kier alpha value is -1.08. The molecule has 0 aromatic heterocycles. The Labute approximate surface area is 103 Å². The Morgan fingerprint density at radius 1 is 1.22 bits per heavy atom. The monoisotopic (exact) mass is 282 g/mol. The van der Waals surface area contributed by atoms with Gasteiger partial charge in [-0.1, -0.05) is 26.0 Å². The molecule has 0 unspecified atom stereocenters. The molecule has 0 aliphatic heterocycles. The fourth-order valence-electron chi connectivity index (χ4n) is 1.81. The van der Waals surface area contributed by atoms with E-state index in [1.54, 1.807) is 0 Å². The van der Waals surface area contributed by atoms with Crippen LogP contribution in [0.1, 0.15) is 36.5 Å². The second-order valence-electron chi connectivity index (χ2n) is 4.30. The summed E-state index contributed by atoms with van der Waals surface area (Å²) in [4.78, 5) is -1.05. The number of benzene rings is 1. The van der Waals surface area contributed by atoms with Crippen molar-refractivity contribution in [3.05, 3.63) is 28.8 Å². The Bertz CT molecular complexity index is 560. The van der Waals surface area contributed by atoms with Gasteiger partial charge in [0, 0.05) is 0 Å². The third-order valence-corrected chi connectivity index (χ3v) is 3.59. The summed E-state index contributed by atoms with van der Waals surface area (Å²) < 4.78 is 70.3. The van der Waals surface area contributed by atoms with Crippen LogP contribution in [0, 0.1) is 6.92 Å². The summed E-state index contributed by atoms with van der Waals surface area (Å²) in [6.45, 7) is 4.25. The summed E-state index contributed by atoms with van der Waals surface area (Å²) in [6, 6.07) is 2.49. The lowest BCUT2D eigenvalue weighted by molar-refractivity contribution is -0.140. The molecule has 0 saturated carbocycles. The molecule has 1 aromatic rings. The molecule has 0 amide bonds. The van der Waals surface area contributed by atoms with Crippen molar-refractivity contribution >= 4 is 10.1 Å². The predicted molar refractivity (Wildman–Crippen MR) is 60.1 cm³/mol. The smallest absolute Gasteiger partial charge is 0.282 e. The Balaban J connectivity index is 3.85. The maximum absolute atomic E-state index is 13.0. The van der Waals surface area contributed by atoms with E-state index in [9.17, 15) is 21.6 Å². The highest BCUT2D eigenvalue weighted by Gasteiger charge is 2.40. The van der Waals surface area contributed by atoms with Crippen molar-refractivity contribution in [2.75, 3.05) is 0 Å². The van der Waals surface area contributed by atoms with Gasteiger partial charge in [0.1, 0.15) is 4.90 Å². The lowest BCUT2D eigenvalue weighted by Gasteiger charge is -2.19. The van der Waals surface area contributed by atoms with E-state index in [0.717, 1.165) is 0 Å². The zero-order chi connectivity index (χ0) is 14.3. The van der Waals surface area contributed by atoms with Crippen molar-refractivity contribution < 1.29 is 26.1 Å². The Morgan fingerprint density at radius 3 is 2.06 bits per heavy atom. The zero-order valence-corrected chi connectivity index (χ0v) is 10.9. The van der Waals surface area contributed by atoms with Crippen LogP contribution in [0.3, 0.4) is 0 Å². The van der Waals surface area contributed by atoms with Crippen LogP contribution in [0.25, 0.3) is 0 Å². The minimum absolute atomic E-state index is 0.130. The van der Waals surface area contributed by atoms with Gasteiger partial charge in [-0.3, -0.25) is 4.55 Å². The molecular weight excluding hydrogens is 269 g/mol. The molecule has 0 spiro atoms. The minimum atomic E-state index is -4.92. The van der Waals surface area contributed by atoms with Crippen LogP contribution < -0.4 is 0 Å². The van der Waals surface area contributed by atoms with Crippen LogP contribution in [0.5, 0.6) is 0 Å². The molecule has 1 N–H and O–H groups in total. The average Bonchev–Trinajstić information content (AvgIpc) is 2.13. The molecule has 7 heteroatoms. The van der Waals surface area contributed by atoms with Gasteiger partial charge in [0.2, 0.25) is 0 Å². The largest absolute Gasteiger partial charge is 0.418 e. The Kier molecular flexibility index (Phi) is 3.78. The summed E-state index contributed by atoms with van der Waals surface area (Å²) in [5, 5.41) is 0. The number of halogens is 3. The van der Waals surface area contributed by atoms with E-state index in [1.807, 2.05) is 0 Å².